The van der Waals surface area contributed by atoms with Crippen molar-refractivity contribution in [2.45, 2.75) is 52.4 Å². The summed E-state index contributed by atoms with van der Waals surface area (Å²) in [6.45, 7) is 11.7. The van der Waals surface area contributed by atoms with Gasteiger partial charge in [0.05, 0.1) is 0 Å². The number of nitrogens with one attached hydrogen (secondary N) is 2. The smallest absolute Gasteiger partial charge is 0.245 e. The van der Waals surface area contributed by atoms with Gasteiger partial charge in [-0.05, 0) is 32.5 Å². The third-order valence-electron chi connectivity index (χ3n) is 4.37. The summed E-state index contributed by atoms with van der Waals surface area (Å²) in [5.41, 5.74) is -0.277. The third-order valence-corrected chi connectivity index (χ3v) is 4.37. The molecule has 0 saturated heterocycles. The quantitative estimate of drug-likeness (QED) is 0.552. The zero-order valence-corrected chi connectivity index (χ0v) is 16.2. The lowest BCUT2D eigenvalue weighted by molar-refractivity contribution is -0.118. The molecule has 0 aromatic carbocycles. The third kappa shape index (κ3) is 6.02. The predicted octanol–water partition coefficient (Wildman–Crippen LogP) is 3.59. The second kappa shape index (κ2) is 11.1. The molecule has 1 heterocycles. The maximum Gasteiger partial charge on any atom is 0.245 e. The molecule has 3 atom stereocenters. The molecule has 1 aliphatic rings. The topological polar surface area (TPSA) is 71.3 Å². The van der Waals surface area contributed by atoms with Gasteiger partial charge in [0.1, 0.15) is 0 Å². The summed E-state index contributed by atoms with van der Waals surface area (Å²) in [5.74, 6) is 0.155. The Morgan fingerprint density at radius 2 is 2.27 bits per heavy atom. The van der Waals surface area contributed by atoms with Crippen LogP contribution >= 0.6 is 0 Å². The molecule has 6 nitrogen and oxygen atoms in total. The van der Waals surface area contributed by atoms with Crippen LogP contribution in [-0.4, -0.2) is 27.9 Å². The van der Waals surface area contributed by atoms with E-state index in [9.17, 15) is 4.79 Å². The lowest BCUT2D eigenvalue weighted by Crippen LogP contribution is -2.50. The molecule has 0 bridgehead atoms. The van der Waals surface area contributed by atoms with E-state index in [2.05, 4.69) is 53.4 Å². The lowest BCUT2D eigenvalue weighted by Gasteiger charge is -2.36. The molecule has 2 rings (SSSR count). The number of nitrogens with zero attached hydrogens (tertiary/aromatic N) is 3. The van der Waals surface area contributed by atoms with Crippen LogP contribution in [0.2, 0.25) is 0 Å². The van der Waals surface area contributed by atoms with Crippen molar-refractivity contribution in [3.8, 4) is 0 Å². The predicted molar refractivity (Wildman–Crippen MR) is 108 cm³/mol. The standard InChI is InChI=1S/C18H25N5O.C2H6/c1-4-18(2,15-9-6-5-7-10-15)22-16(24)11-13-20-17(19-3)23-14-8-12-21-23;1-2/h5-9,11-15,17,20H,3-4,10H2,1-2H3,(H,22,24);1-2H3/b13-11+;. The molecule has 1 aromatic heterocycles. The van der Waals surface area contributed by atoms with Crippen LogP contribution < -0.4 is 10.6 Å². The number of carbonyl (C=O) groups is 1. The molecular weight excluding hydrogens is 326 g/mol. The minimum atomic E-state index is -0.437. The van der Waals surface area contributed by atoms with Crippen LogP contribution in [-0.2, 0) is 4.79 Å². The molecule has 0 fully saturated rings. The van der Waals surface area contributed by atoms with Crippen LogP contribution in [0.15, 0.2) is 60.0 Å². The first-order valence-corrected chi connectivity index (χ1v) is 9.12. The maximum absolute atomic E-state index is 12.3. The minimum Gasteiger partial charge on any atom is -0.352 e. The van der Waals surface area contributed by atoms with E-state index in [-0.39, 0.29) is 11.4 Å². The molecule has 142 valence electrons. The molecule has 0 spiro atoms. The van der Waals surface area contributed by atoms with E-state index < -0.39 is 6.29 Å². The van der Waals surface area contributed by atoms with Crippen LogP contribution in [0, 0.1) is 5.92 Å². The van der Waals surface area contributed by atoms with Crippen molar-refractivity contribution in [2.75, 3.05) is 0 Å². The molecule has 0 aliphatic heterocycles. The zero-order valence-electron chi connectivity index (χ0n) is 16.2. The van der Waals surface area contributed by atoms with E-state index >= 15 is 0 Å². The molecular formula is C20H31N5O. The number of aliphatic imine (C=N–C) groups is 1. The van der Waals surface area contributed by atoms with Crippen molar-refractivity contribution in [3.63, 3.8) is 0 Å². The minimum absolute atomic E-state index is 0.141. The summed E-state index contributed by atoms with van der Waals surface area (Å²) in [6.07, 6.45) is 16.2. The summed E-state index contributed by atoms with van der Waals surface area (Å²) in [6, 6.07) is 1.80. The highest BCUT2D eigenvalue weighted by Gasteiger charge is 2.31. The fourth-order valence-electron chi connectivity index (χ4n) is 2.67. The van der Waals surface area contributed by atoms with Gasteiger partial charge < -0.3 is 10.6 Å². The van der Waals surface area contributed by atoms with Crippen molar-refractivity contribution in [2.24, 2.45) is 10.9 Å². The van der Waals surface area contributed by atoms with E-state index in [1.54, 1.807) is 29.3 Å². The largest absolute Gasteiger partial charge is 0.352 e. The Hall–Kier alpha value is -2.63. The first-order valence-electron chi connectivity index (χ1n) is 9.12. The van der Waals surface area contributed by atoms with Gasteiger partial charge in [-0.15, -0.1) is 0 Å². The van der Waals surface area contributed by atoms with Crippen molar-refractivity contribution < 1.29 is 4.79 Å². The lowest BCUT2D eigenvalue weighted by atomic mass is 9.79. The van der Waals surface area contributed by atoms with E-state index in [1.165, 1.54) is 6.08 Å². The molecule has 0 radical (unpaired) electrons. The molecule has 2 N–H and O–H groups in total. The van der Waals surface area contributed by atoms with E-state index in [0.717, 1.165) is 12.8 Å². The van der Waals surface area contributed by atoms with Gasteiger partial charge in [-0.1, -0.05) is 45.1 Å². The van der Waals surface area contributed by atoms with E-state index in [1.807, 2.05) is 26.0 Å². The number of hydrogen-bond donors (Lipinski definition) is 2. The Morgan fingerprint density at radius 3 is 2.81 bits per heavy atom. The van der Waals surface area contributed by atoms with E-state index in [0.29, 0.717) is 5.92 Å². The Morgan fingerprint density at radius 1 is 1.50 bits per heavy atom. The number of allylic oxidation sites excluding steroid dienone is 3. The van der Waals surface area contributed by atoms with Gasteiger partial charge in [-0.2, -0.15) is 5.10 Å². The van der Waals surface area contributed by atoms with Crippen LogP contribution in [0.3, 0.4) is 0 Å². The summed E-state index contributed by atoms with van der Waals surface area (Å²) in [7, 11) is 0. The Balaban J connectivity index is 0.00000163. The number of aromatic nitrogens is 2. The summed E-state index contributed by atoms with van der Waals surface area (Å²) >= 11 is 0. The normalized spacial score (nSPS) is 19.2. The van der Waals surface area contributed by atoms with Crippen molar-refractivity contribution in [3.05, 3.63) is 55.0 Å². The Bertz CT molecular complexity index is 633. The van der Waals surface area contributed by atoms with Gasteiger partial charge in [0.15, 0.2) is 0 Å². The summed E-state index contributed by atoms with van der Waals surface area (Å²) in [5, 5.41) is 10.2. The molecule has 0 saturated carbocycles. The highest BCUT2D eigenvalue weighted by molar-refractivity contribution is 5.88. The molecule has 1 amide bonds. The highest BCUT2D eigenvalue weighted by Crippen LogP contribution is 2.28. The first kappa shape index (κ1) is 21.4. The SMILES string of the molecule is C=NC(N/C=C/C(=O)NC(C)(CC)C1C=CC=CC1)n1cccn1.CC. The van der Waals surface area contributed by atoms with Gasteiger partial charge in [0.25, 0.3) is 0 Å². The van der Waals surface area contributed by atoms with Crippen LogP contribution in [0.25, 0.3) is 0 Å². The van der Waals surface area contributed by atoms with Crippen LogP contribution in [0.1, 0.15) is 46.8 Å². The van der Waals surface area contributed by atoms with Crippen molar-refractivity contribution in [1.29, 1.82) is 0 Å². The number of hydrogen-bond acceptors (Lipinski definition) is 4. The molecule has 1 aromatic rings. The van der Waals surface area contributed by atoms with E-state index in [4.69, 9.17) is 0 Å². The van der Waals surface area contributed by atoms with Gasteiger partial charge in [-0.3, -0.25) is 9.79 Å². The Kier molecular flexibility index (Phi) is 9.12. The van der Waals surface area contributed by atoms with Crippen LogP contribution in [0.4, 0.5) is 0 Å². The highest BCUT2D eigenvalue weighted by atomic mass is 16.1. The monoisotopic (exact) mass is 357 g/mol. The van der Waals surface area contributed by atoms with Crippen molar-refractivity contribution in [1.82, 2.24) is 20.4 Å². The number of carbonyl (C=O) groups excluding carboxylic acids is 1. The average Bonchev–Trinajstić information content (AvgIpc) is 3.22. The summed E-state index contributed by atoms with van der Waals surface area (Å²) in [4.78, 5) is 16.2. The fraction of sp³-hybridized carbons (Fsp3) is 0.450. The van der Waals surface area contributed by atoms with Gasteiger partial charge in [-0.25, -0.2) is 4.68 Å². The van der Waals surface area contributed by atoms with Crippen molar-refractivity contribution >= 4 is 12.6 Å². The fourth-order valence-corrected chi connectivity index (χ4v) is 2.67. The summed E-state index contributed by atoms with van der Waals surface area (Å²) < 4.78 is 1.62. The van der Waals surface area contributed by atoms with Gasteiger partial charge >= 0.3 is 0 Å². The second-order valence-corrected chi connectivity index (χ2v) is 5.96. The van der Waals surface area contributed by atoms with Gasteiger partial charge in [0.2, 0.25) is 12.2 Å². The molecule has 26 heavy (non-hydrogen) atoms. The molecule has 1 aliphatic carbocycles. The Labute approximate surface area is 156 Å². The number of rotatable bonds is 8. The average molecular weight is 358 g/mol. The number of amides is 1. The molecule has 6 heteroatoms. The second-order valence-electron chi connectivity index (χ2n) is 5.96. The molecule has 3 unspecified atom stereocenters. The zero-order chi connectivity index (χ0) is 19.4. The van der Waals surface area contributed by atoms with Gasteiger partial charge in [0, 0.05) is 36.1 Å². The first-order chi connectivity index (χ1) is 12.6. The maximum atomic E-state index is 12.3. The van der Waals surface area contributed by atoms with Crippen LogP contribution in [0.5, 0.6) is 0 Å².